The molecular weight excluding hydrogens is 430 g/mol. The zero-order chi connectivity index (χ0) is 22.9. The zero-order valence-corrected chi connectivity index (χ0v) is 20.0. The maximum atomic E-state index is 13.2. The molecule has 4 heterocycles. The quantitative estimate of drug-likeness (QED) is 0.625. The highest BCUT2D eigenvalue weighted by atomic mass is 32.2. The molecule has 32 heavy (non-hydrogen) atoms. The average molecular weight is 464 g/mol. The molecule has 2 aromatic rings. The summed E-state index contributed by atoms with van der Waals surface area (Å²) in [5.41, 5.74) is 1.80. The van der Waals surface area contributed by atoms with Crippen molar-refractivity contribution in [2.75, 3.05) is 39.3 Å². The molecule has 0 aliphatic carbocycles. The van der Waals surface area contributed by atoms with E-state index >= 15 is 0 Å². The minimum Gasteiger partial charge on any atom is -0.340 e. The second-order valence-corrected chi connectivity index (χ2v) is 10.6. The van der Waals surface area contributed by atoms with Gasteiger partial charge in [0.15, 0.2) is 0 Å². The van der Waals surface area contributed by atoms with Gasteiger partial charge in [0.1, 0.15) is 4.90 Å². The van der Waals surface area contributed by atoms with Crippen LogP contribution in [0.4, 0.5) is 0 Å². The zero-order valence-electron chi connectivity index (χ0n) is 19.1. The second-order valence-electron chi connectivity index (χ2n) is 8.73. The Labute approximate surface area is 189 Å². The van der Waals surface area contributed by atoms with Crippen molar-refractivity contribution in [3.8, 4) is 0 Å². The van der Waals surface area contributed by atoms with E-state index in [0.717, 1.165) is 32.6 Å². The number of amides is 1. The first kappa shape index (κ1) is 22.9. The summed E-state index contributed by atoms with van der Waals surface area (Å²) in [5.74, 6) is -0.212. The van der Waals surface area contributed by atoms with Gasteiger partial charge in [0.2, 0.25) is 15.9 Å². The Morgan fingerprint density at radius 3 is 2.50 bits per heavy atom. The number of carbonyl (C=O) groups excluding carboxylic acids is 1. The van der Waals surface area contributed by atoms with Gasteiger partial charge in [-0.25, -0.2) is 8.42 Å². The third kappa shape index (κ3) is 4.60. The van der Waals surface area contributed by atoms with E-state index in [1.165, 1.54) is 16.1 Å². The Morgan fingerprint density at radius 1 is 1.12 bits per heavy atom. The normalized spacial score (nSPS) is 21.2. The van der Waals surface area contributed by atoms with Crippen molar-refractivity contribution in [2.24, 2.45) is 13.0 Å². The largest absolute Gasteiger partial charge is 0.340 e. The van der Waals surface area contributed by atoms with Crippen LogP contribution in [0.5, 0.6) is 0 Å². The van der Waals surface area contributed by atoms with Crippen LogP contribution >= 0.6 is 0 Å². The topological polar surface area (TPSA) is 96.6 Å². The third-order valence-electron chi connectivity index (χ3n) is 6.64. The van der Waals surface area contributed by atoms with Crippen molar-refractivity contribution in [1.82, 2.24) is 33.7 Å². The van der Waals surface area contributed by atoms with Crippen molar-refractivity contribution < 1.29 is 13.2 Å². The summed E-state index contributed by atoms with van der Waals surface area (Å²) in [6.07, 6.45) is 6.80. The van der Waals surface area contributed by atoms with Gasteiger partial charge >= 0.3 is 0 Å². The number of hydrogen-bond donors (Lipinski definition) is 0. The number of aryl methyl sites for hydroxylation is 2. The summed E-state index contributed by atoms with van der Waals surface area (Å²) in [6.45, 7) is 9.16. The van der Waals surface area contributed by atoms with Gasteiger partial charge in [-0.15, -0.1) is 0 Å². The van der Waals surface area contributed by atoms with Crippen LogP contribution in [0.2, 0.25) is 0 Å². The maximum Gasteiger partial charge on any atom is 0.246 e. The molecule has 1 unspecified atom stereocenters. The number of aromatic nitrogens is 4. The lowest BCUT2D eigenvalue weighted by atomic mass is 9.97. The van der Waals surface area contributed by atoms with Gasteiger partial charge in [-0.3, -0.25) is 19.1 Å². The molecule has 2 fully saturated rings. The Morgan fingerprint density at radius 2 is 1.88 bits per heavy atom. The molecule has 0 N–H and O–H groups in total. The molecule has 0 spiro atoms. The van der Waals surface area contributed by atoms with Gasteiger partial charge in [-0.2, -0.15) is 14.5 Å². The van der Waals surface area contributed by atoms with E-state index in [2.05, 4.69) is 28.2 Å². The Hall–Kier alpha value is -2.24. The summed E-state index contributed by atoms with van der Waals surface area (Å²) in [4.78, 5) is 17.7. The molecule has 176 valence electrons. The van der Waals surface area contributed by atoms with Gasteiger partial charge in [0.05, 0.1) is 24.0 Å². The van der Waals surface area contributed by atoms with Crippen LogP contribution in [-0.4, -0.2) is 87.3 Å². The lowest BCUT2D eigenvalue weighted by Gasteiger charge is -2.38. The predicted molar refractivity (Wildman–Crippen MR) is 119 cm³/mol. The van der Waals surface area contributed by atoms with E-state index in [0.29, 0.717) is 31.7 Å². The molecule has 0 radical (unpaired) electrons. The van der Waals surface area contributed by atoms with Crippen LogP contribution in [0.15, 0.2) is 23.5 Å². The van der Waals surface area contributed by atoms with Crippen molar-refractivity contribution in [3.63, 3.8) is 0 Å². The summed E-state index contributed by atoms with van der Waals surface area (Å²) in [7, 11) is -1.92. The van der Waals surface area contributed by atoms with E-state index < -0.39 is 10.0 Å². The molecule has 0 saturated carbocycles. The minimum absolute atomic E-state index is 0.0752. The van der Waals surface area contributed by atoms with Gasteiger partial charge in [-0.05, 0) is 26.7 Å². The molecule has 2 aliphatic heterocycles. The lowest BCUT2D eigenvalue weighted by molar-refractivity contribution is -0.138. The molecule has 1 atom stereocenters. The van der Waals surface area contributed by atoms with Crippen LogP contribution in [0.3, 0.4) is 0 Å². The molecule has 11 heteroatoms. The van der Waals surface area contributed by atoms with Crippen LogP contribution in [0.1, 0.15) is 31.0 Å². The molecule has 1 amide bonds. The fraction of sp³-hybridized carbons (Fsp3) is 0.667. The van der Waals surface area contributed by atoms with E-state index in [1.807, 2.05) is 15.8 Å². The first-order valence-electron chi connectivity index (χ1n) is 11.3. The standard InChI is InChI=1S/C21H33N7O3S/c1-4-27-15-18(12-23-27)14-25-8-10-26(11-9-25)21(29)19-6-5-7-28(16-19)32(30,31)20-13-22-24(3)17(20)2/h12-13,15,19H,4-11,14,16H2,1-3H3. The Bertz CT molecular complexity index is 1050. The van der Waals surface area contributed by atoms with Gasteiger partial charge in [-0.1, -0.05) is 0 Å². The number of nitrogens with zero attached hydrogens (tertiary/aromatic N) is 7. The van der Waals surface area contributed by atoms with Crippen molar-refractivity contribution in [2.45, 2.75) is 44.7 Å². The second kappa shape index (κ2) is 9.32. The first-order chi connectivity index (χ1) is 15.3. The van der Waals surface area contributed by atoms with Crippen LogP contribution in [0, 0.1) is 12.8 Å². The highest BCUT2D eigenvalue weighted by molar-refractivity contribution is 7.89. The van der Waals surface area contributed by atoms with Gasteiger partial charge in [0.25, 0.3) is 0 Å². The van der Waals surface area contributed by atoms with Crippen molar-refractivity contribution >= 4 is 15.9 Å². The van der Waals surface area contributed by atoms with E-state index in [4.69, 9.17) is 0 Å². The highest BCUT2D eigenvalue weighted by Crippen LogP contribution is 2.26. The van der Waals surface area contributed by atoms with E-state index in [9.17, 15) is 13.2 Å². The number of sulfonamides is 1. The molecule has 2 aromatic heterocycles. The average Bonchev–Trinajstić information content (AvgIpc) is 3.40. The van der Waals surface area contributed by atoms with Gasteiger partial charge in [0, 0.05) is 71.2 Å². The number of piperazine rings is 1. The highest BCUT2D eigenvalue weighted by Gasteiger charge is 2.37. The van der Waals surface area contributed by atoms with E-state index in [-0.39, 0.29) is 23.3 Å². The van der Waals surface area contributed by atoms with Crippen LogP contribution < -0.4 is 0 Å². The lowest BCUT2D eigenvalue weighted by Crippen LogP contribution is -2.52. The number of piperidine rings is 1. The molecule has 2 saturated heterocycles. The van der Waals surface area contributed by atoms with Crippen molar-refractivity contribution in [1.29, 1.82) is 0 Å². The summed E-state index contributed by atoms with van der Waals surface area (Å²) < 4.78 is 31.2. The van der Waals surface area contributed by atoms with Crippen molar-refractivity contribution in [3.05, 3.63) is 29.8 Å². The predicted octanol–water partition coefficient (Wildman–Crippen LogP) is 0.690. The molecule has 0 bridgehead atoms. The molecule has 0 aromatic carbocycles. The molecule has 4 rings (SSSR count). The monoisotopic (exact) mass is 463 g/mol. The SMILES string of the molecule is CCn1cc(CN2CCN(C(=O)C3CCCN(S(=O)(=O)c4cnn(C)c4C)C3)CC2)cn1. The maximum absolute atomic E-state index is 13.2. The fourth-order valence-corrected chi connectivity index (χ4v) is 6.25. The van der Waals surface area contributed by atoms with Crippen LogP contribution in [-0.2, 0) is 35.0 Å². The Balaban J connectivity index is 1.34. The molecule has 2 aliphatic rings. The number of rotatable bonds is 6. The van der Waals surface area contributed by atoms with E-state index in [1.54, 1.807) is 18.7 Å². The number of hydrogen-bond acceptors (Lipinski definition) is 6. The smallest absolute Gasteiger partial charge is 0.246 e. The fourth-order valence-electron chi connectivity index (χ4n) is 4.54. The summed E-state index contributed by atoms with van der Waals surface area (Å²) >= 11 is 0. The number of carbonyl (C=O) groups is 1. The Kier molecular flexibility index (Phi) is 6.68. The minimum atomic E-state index is -3.65. The summed E-state index contributed by atoms with van der Waals surface area (Å²) in [6, 6.07) is 0. The first-order valence-corrected chi connectivity index (χ1v) is 12.7. The third-order valence-corrected chi connectivity index (χ3v) is 8.61. The van der Waals surface area contributed by atoms with Gasteiger partial charge < -0.3 is 4.90 Å². The summed E-state index contributed by atoms with van der Waals surface area (Å²) in [5, 5.41) is 8.40. The van der Waals surface area contributed by atoms with Crippen LogP contribution in [0.25, 0.3) is 0 Å². The molecular formula is C21H33N7O3S. The molecule has 10 nitrogen and oxygen atoms in total.